The van der Waals surface area contributed by atoms with Crippen LogP contribution in [0, 0.1) is 46.3 Å². The van der Waals surface area contributed by atoms with Crippen molar-refractivity contribution in [2.75, 3.05) is 0 Å². The van der Waals surface area contributed by atoms with E-state index < -0.39 is 0 Å². The van der Waals surface area contributed by atoms with E-state index in [-0.39, 0.29) is 22.7 Å². The van der Waals surface area contributed by atoms with E-state index in [1.807, 2.05) is 0 Å². The Bertz CT molecular complexity index is 467. The van der Waals surface area contributed by atoms with Crippen LogP contribution in [0.3, 0.4) is 0 Å². The molecule has 0 radical (unpaired) electrons. The highest BCUT2D eigenvalue weighted by Gasteiger charge is 2.92. The molecule has 2 nitrogen and oxygen atoms in total. The van der Waals surface area contributed by atoms with Crippen molar-refractivity contribution >= 4 is 11.6 Å². The molecule has 15 heavy (non-hydrogen) atoms. The highest BCUT2D eigenvalue weighted by atomic mass is 16.2. The molecular weight excluding hydrogens is 188 g/mol. The van der Waals surface area contributed by atoms with E-state index >= 15 is 0 Å². The molecule has 5 fully saturated rings. The topological polar surface area (TPSA) is 34.1 Å². The fraction of sp³-hybridized carbons (Fsp3) is 0.846. The van der Waals surface area contributed by atoms with Crippen LogP contribution in [-0.2, 0) is 9.59 Å². The Morgan fingerprint density at radius 3 is 2.60 bits per heavy atom. The molecule has 5 rings (SSSR count). The van der Waals surface area contributed by atoms with Crippen LogP contribution in [0.15, 0.2) is 0 Å². The Hall–Kier alpha value is -0.660. The summed E-state index contributed by atoms with van der Waals surface area (Å²) in [4.78, 5) is 24.8. The van der Waals surface area contributed by atoms with Gasteiger partial charge in [0.05, 0.1) is 0 Å². The van der Waals surface area contributed by atoms with Crippen LogP contribution in [0.1, 0.15) is 20.3 Å². The molecule has 5 aliphatic rings. The summed E-state index contributed by atoms with van der Waals surface area (Å²) < 4.78 is 0. The molecule has 0 amide bonds. The lowest BCUT2D eigenvalue weighted by molar-refractivity contribution is -0.160. The zero-order valence-corrected chi connectivity index (χ0v) is 8.99. The Labute approximate surface area is 88.4 Å². The van der Waals surface area contributed by atoms with E-state index in [1.54, 1.807) is 0 Å². The number of Topliss-reactive ketones (excluding diaryl/α,β-unsaturated/α-hetero) is 2. The Kier molecular flexibility index (Phi) is 0.778. The molecule has 78 valence electrons. The Balaban J connectivity index is 1.95. The van der Waals surface area contributed by atoms with E-state index in [0.717, 1.165) is 0 Å². The lowest BCUT2D eigenvalue weighted by Crippen LogP contribution is -2.58. The third-order valence-electron chi connectivity index (χ3n) is 7.03. The largest absolute Gasteiger partial charge is 0.299 e. The minimum Gasteiger partial charge on any atom is -0.299 e. The monoisotopic (exact) mass is 202 g/mol. The maximum atomic E-state index is 12.5. The standard InChI is InChI=1S/C13H14O2/c1-12-5-3-4-6-8(5)13(2,11(12)15)9(6)10(14)7(4)12/h4-9H,3H2,1-2H3. The van der Waals surface area contributed by atoms with Crippen molar-refractivity contribution in [2.24, 2.45) is 46.3 Å². The molecule has 5 saturated carbocycles. The summed E-state index contributed by atoms with van der Waals surface area (Å²) in [6.45, 7) is 4.18. The normalized spacial score (nSPS) is 75.9. The molecule has 0 spiro atoms. The van der Waals surface area contributed by atoms with Crippen LogP contribution in [-0.4, -0.2) is 11.6 Å². The van der Waals surface area contributed by atoms with E-state index in [4.69, 9.17) is 0 Å². The molecule has 0 saturated heterocycles. The summed E-state index contributed by atoms with van der Waals surface area (Å²) in [5.41, 5.74) is -0.451. The van der Waals surface area contributed by atoms with E-state index in [1.165, 1.54) is 6.42 Å². The van der Waals surface area contributed by atoms with Gasteiger partial charge in [-0.25, -0.2) is 0 Å². The molecular formula is C13H14O2. The number of rotatable bonds is 0. The van der Waals surface area contributed by atoms with Crippen molar-refractivity contribution < 1.29 is 9.59 Å². The van der Waals surface area contributed by atoms with Gasteiger partial charge >= 0.3 is 0 Å². The highest BCUT2D eigenvalue weighted by Crippen LogP contribution is 2.88. The lowest BCUT2D eigenvalue weighted by atomic mass is 9.49. The summed E-state index contributed by atoms with van der Waals surface area (Å²) in [5.74, 6) is 3.58. The van der Waals surface area contributed by atoms with Crippen molar-refractivity contribution in [3.05, 3.63) is 0 Å². The van der Waals surface area contributed by atoms with Gasteiger partial charge in [-0.15, -0.1) is 0 Å². The van der Waals surface area contributed by atoms with Gasteiger partial charge in [-0.1, -0.05) is 13.8 Å². The molecule has 0 aromatic rings. The van der Waals surface area contributed by atoms with E-state index in [0.29, 0.717) is 35.2 Å². The van der Waals surface area contributed by atoms with Gasteiger partial charge in [-0.3, -0.25) is 9.59 Å². The van der Waals surface area contributed by atoms with Gasteiger partial charge in [0, 0.05) is 22.7 Å². The molecule has 0 heterocycles. The maximum absolute atomic E-state index is 12.5. The van der Waals surface area contributed by atoms with Crippen molar-refractivity contribution in [3.63, 3.8) is 0 Å². The Morgan fingerprint density at radius 1 is 1.13 bits per heavy atom. The van der Waals surface area contributed by atoms with Crippen LogP contribution >= 0.6 is 0 Å². The second kappa shape index (κ2) is 1.54. The van der Waals surface area contributed by atoms with Gasteiger partial charge < -0.3 is 0 Å². The minimum absolute atomic E-state index is 0.136. The summed E-state index contributed by atoms with van der Waals surface area (Å²) in [6.07, 6.45) is 1.18. The van der Waals surface area contributed by atoms with Crippen LogP contribution in [0.25, 0.3) is 0 Å². The summed E-state index contributed by atoms with van der Waals surface area (Å²) in [6, 6.07) is 0. The average Bonchev–Trinajstić information content (AvgIpc) is 2.69. The number of hydrogen-bond donors (Lipinski definition) is 0. The van der Waals surface area contributed by atoms with Gasteiger partial charge in [0.2, 0.25) is 0 Å². The molecule has 8 atom stereocenters. The first-order valence-electron chi connectivity index (χ1n) is 6.12. The first-order valence-corrected chi connectivity index (χ1v) is 6.12. The number of hydrogen-bond acceptors (Lipinski definition) is 2. The van der Waals surface area contributed by atoms with Crippen molar-refractivity contribution in [3.8, 4) is 0 Å². The van der Waals surface area contributed by atoms with Gasteiger partial charge in [0.25, 0.3) is 0 Å². The molecule has 2 bridgehead atoms. The summed E-state index contributed by atoms with van der Waals surface area (Å²) in [5, 5.41) is 0. The maximum Gasteiger partial charge on any atom is 0.146 e. The highest BCUT2D eigenvalue weighted by molar-refractivity contribution is 6.10. The smallest absolute Gasteiger partial charge is 0.146 e. The van der Waals surface area contributed by atoms with Crippen molar-refractivity contribution in [1.82, 2.24) is 0 Å². The molecule has 0 aromatic heterocycles. The molecule has 0 aromatic carbocycles. The van der Waals surface area contributed by atoms with Crippen LogP contribution in [0.5, 0.6) is 0 Å². The molecule has 2 heteroatoms. The minimum atomic E-state index is -0.231. The second-order valence-corrected chi connectivity index (χ2v) is 6.86. The first kappa shape index (κ1) is 7.59. The van der Waals surface area contributed by atoms with E-state index in [9.17, 15) is 9.59 Å². The van der Waals surface area contributed by atoms with Crippen LogP contribution < -0.4 is 0 Å². The summed E-state index contributed by atoms with van der Waals surface area (Å²) in [7, 11) is 0. The van der Waals surface area contributed by atoms with Crippen molar-refractivity contribution in [2.45, 2.75) is 20.3 Å². The fourth-order valence-electron chi connectivity index (χ4n) is 6.91. The predicted molar refractivity (Wildman–Crippen MR) is 51.8 cm³/mol. The van der Waals surface area contributed by atoms with E-state index in [2.05, 4.69) is 13.8 Å². The third kappa shape index (κ3) is 0.378. The SMILES string of the molecule is CC12C(=O)C3(C)C4C(=O)C1C1CC2C3C14. The average molecular weight is 202 g/mol. The van der Waals surface area contributed by atoms with Crippen LogP contribution in [0.2, 0.25) is 0 Å². The molecule has 5 aliphatic carbocycles. The fourth-order valence-corrected chi connectivity index (χ4v) is 6.91. The van der Waals surface area contributed by atoms with Gasteiger partial charge in [-0.2, -0.15) is 0 Å². The molecule has 0 aliphatic heterocycles. The molecule has 8 unspecified atom stereocenters. The third-order valence-corrected chi connectivity index (χ3v) is 7.03. The van der Waals surface area contributed by atoms with Gasteiger partial charge in [-0.05, 0) is 30.1 Å². The zero-order valence-electron chi connectivity index (χ0n) is 8.99. The van der Waals surface area contributed by atoms with Gasteiger partial charge in [0.1, 0.15) is 11.6 Å². The molecule has 0 N–H and O–H groups in total. The predicted octanol–water partition coefficient (Wildman–Crippen LogP) is 1.29. The lowest BCUT2D eigenvalue weighted by Gasteiger charge is -2.51. The quantitative estimate of drug-likeness (QED) is 0.593. The number of carbonyl (C=O) groups is 2. The van der Waals surface area contributed by atoms with Crippen molar-refractivity contribution in [1.29, 1.82) is 0 Å². The number of carbonyl (C=O) groups excluding carboxylic acids is 2. The van der Waals surface area contributed by atoms with Gasteiger partial charge in [0.15, 0.2) is 0 Å². The Morgan fingerprint density at radius 2 is 1.87 bits per heavy atom. The zero-order chi connectivity index (χ0) is 10.3. The first-order chi connectivity index (χ1) is 7.04. The number of fused-ring (bicyclic) bond motifs is 2. The summed E-state index contributed by atoms with van der Waals surface area (Å²) >= 11 is 0. The van der Waals surface area contributed by atoms with Crippen LogP contribution in [0.4, 0.5) is 0 Å². The second-order valence-electron chi connectivity index (χ2n) is 6.86. The number of ketones is 2.